The number of methoxy groups -OCH3 is 1. The Hall–Kier alpha value is -0.460. The summed E-state index contributed by atoms with van der Waals surface area (Å²) in [5, 5.41) is 4.30. The molecule has 4 atom stereocenters. The topological polar surface area (TPSA) is 50.8 Å². The summed E-state index contributed by atoms with van der Waals surface area (Å²) in [6.45, 7) is 9.18. The fraction of sp³-hybridized carbons (Fsp3) is 0.933. The first-order valence-corrected chi connectivity index (χ1v) is 8.73. The molecule has 5 nitrogen and oxygen atoms in total. The maximum absolute atomic E-state index is 12.2. The highest BCUT2D eigenvalue weighted by Crippen LogP contribution is 2.28. The Labute approximate surface area is 132 Å². The predicted molar refractivity (Wildman–Crippen MR) is 85.9 cm³/mol. The molecule has 0 radical (unpaired) electrons. The minimum atomic E-state index is -0.457. The van der Waals surface area contributed by atoms with Crippen LogP contribution in [0.1, 0.15) is 34.1 Å². The largest absolute Gasteiger partial charge is 0.444 e. The molecule has 6 heteroatoms. The minimum absolute atomic E-state index is 0.0373. The lowest BCUT2D eigenvalue weighted by atomic mass is 10.1. The molecule has 122 valence electrons. The first-order chi connectivity index (χ1) is 9.80. The smallest absolute Gasteiger partial charge is 0.410 e. The average molecular weight is 316 g/mol. The fourth-order valence-corrected chi connectivity index (χ4v) is 4.08. The summed E-state index contributed by atoms with van der Waals surface area (Å²) in [7, 11) is 1.71. The van der Waals surface area contributed by atoms with E-state index in [9.17, 15) is 4.79 Å². The van der Waals surface area contributed by atoms with Gasteiger partial charge in [0.1, 0.15) is 5.60 Å². The van der Waals surface area contributed by atoms with Gasteiger partial charge in [0.15, 0.2) is 0 Å². The van der Waals surface area contributed by atoms with Crippen LogP contribution in [-0.4, -0.2) is 66.0 Å². The molecule has 0 aromatic heterocycles. The van der Waals surface area contributed by atoms with Crippen molar-refractivity contribution in [1.29, 1.82) is 0 Å². The van der Waals surface area contributed by atoms with Crippen molar-refractivity contribution in [3.8, 4) is 0 Å². The molecule has 3 unspecified atom stereocenters. The molecule has 0 aromatic carbocycles. The van der Waals surface area contributed by atoms with Crippen LogP contribution in [0, 0.1) is 0 Å². The van der Waals surface area contributed by atoms with Gasteiger partial charge in [0.25, 0.3) is 0 Å². The highest BCUT2D eigenvalue weighted by Gasteiger charge is 2.39. The van der Waals surface area contributed by atoms with Crippen LogP contribution in [0.2, 0.25) is 0 Å². The lowest BCUT2D eigenvalue weighted by Gasteiger charge is -2.25. The van der Waals surface area contributed by atoms with Gasteiger partial charge in [-0.25, -0.2) is 4.79 Å². The van der Waals surface area contributed by atoms with Crippen molar-refractivity contribution in [3.05, 3.63) is 0 Å². The molecule has 2 heterocycles. The zero-order valence-corrected chi connectivity index (χ0v) is 14.5. The van der Waals surface area contributed by atoms with Crippen LogP contribution >= 0.6 is 11.8 Å². The minimum Gasteiger partial charge on any atom is -0.444 e. The second-order valence-corrected chi connectivity index (χ2v) is 8.39. The van der Waals surface area contributed by atoms with E-state index in [1.165, 1.54) is 12.2 Å². The molecule has 2 fully saturated rings. The summed E-state index contributed by atoms with van der Waals surface area (Å²) >= 11 is 2.00. The van der Waals surface area contributed by atoms with Crippen LogP contribution in [0.15, 0.2) is 0 Å². The Morgan fingerprint density at radius 1 is 1.29 bits per heavy atom. The average Bonchev–Trinajstić information content (AvgIpc) is 2.95. The van der Waals surface area contributed by atoms with Gasteiger partial charge in [-0.1, -0.05) is 6.92 Å². The van der Waals surface area contributed by atoms with Crippen LogP contribution in [0.5, 0.6) is 0 Å². The lowest BCUT2D eigenvalue weighted by molar-refractivity contribution is 0.0252. The number of rotatable bonds is 3. The van der Waals surface area contributed by atoms with Crippen molar-refractivity contribution in [2.45, 2.75) is 63.2 Å². The van der Waals surface area contributed by atoms with Crippen LogP contribution < -0.4 is 5.32 Å². The third-order valence-electron chi connectivity index (χ3n) is 4.03. The molecule has 2 aliphatic heterocycles. The van der Waals surface area contributed by atoms with Gasteiger partial charge in [-0.2, -0.15) is 11.8 Å². The number of amides is 1. The van der Waals surface area contributed by atoms with Crippen molar-refractivity contribution in [2.24, 2.45) is 0 Å². The standard InChI is InChI=1S/C15H28N2O3S/c1-10-11(6-7-21-10)16-12-8-17(9-13(12)19-5)14(18)20-15(2,3)4/h10-13,16H,6-9H2,1-5H3/t10?,11?,12?,13-/m0/s1. The third kappa shape index (κ3) is 4.50. The lowest BCUT2D eigenvalue weighted by Crippen LogP contribution is -2.48. The molecule has 2 rings (SSSR count). The van der Waals surface area contributed by atoms with Gasteiger partial charge in [-0.05, 0) is 32.9 Å². The number of nitrogens with one attached hydrogen (secondary N) is 1. The first kappa shape index (κ1) is 16.9. The molecule has 1 amide bonds. The number of carbonyl (C=O) groups is 1. The Bertz CT molecular complexity index is 372. The fourth-order valence-electron chi connectivity index (χ4n) is 2.87. The van der Waals surface area contributed by atoms with Gasteiger partial charge in [-0.15, -0.1) is 0 Å². The maximum Gasteiger partial charge on any atom is 0.410 e. The van der Waals surface area contributed by atoms with Gasteiger partial charge >= 0.3 is 6.09 Å². The highest BCUT2D eigenvalue weighted by molar-refractivity contribution is 8.00. The molecule has 2 saturated heterocycles. The van der Waals surface area contributed by atoms with Crippen molar-refractivity contribution >= 4 is 17.9 Å². The van der Waals surface area contributed by atoms with Crippen LogP contribution in [0.3, 0.4) is 0 Å². The summed E-state index contributed by atoms with van der Waals surface area (Å²) in [6, 6.07) is 0.699. The van der Waals surface area contributed by atoms with Crippen molar-refractivity contribution < 1.29 is 14.3 Å². The zero-order valence-electron chi connectivity index (χ0n) is 13.7. The molecule has 0 saturated carbocycles. The number of ether oxygens (including phenoxy) is 2. The molecule has 0 aromatic rings. The van der Waals surface area contributed by atoms with Gasteiger partial charge in [-0.3, -0.25) is 0 Å². The Balaban J connectivity index is 1.92. The monoisotopic (exact) mass is 316 g/mol. The number of hydrogen-bond acceptors (Lipinski definition) is 5. The van der Waals surface area contributed by atoms with Crippen molar-refractivity contribution in [1.82, 2.24) is 10.2 Å². The van der Waals surface area contributed by atoms with Crippen LogP contribution in [0.4, 0.5) is 4.79 Å². The maximum atomic E-state index is 12.2. The molecule has 21 heavy (non-hydrogen) atoms. The Morgan fingerprint density at radius 2 is 2.00 bits per heavy atom. The second-order valence-electron chi connectivity index (χ2n) is 6.90. The number of hydrogen-bond donors (Lipinski definition) is 1. The quantitative estimate of drug-likeness (QED) is 0.864. The Morgan fingerprint density at radius 3 is 2.52 bits per heavy atom. The third-order valence-corrected chi connectivity index (χ3v) is 5.35. The second kappa shape index (κ2) is 6.75. The molecular weight excluding hydrogens is 288 g/mol. The van der Waals surface area contributed by atoms with Crippen LogP contribution in [-0.2, 0) is 9.47 Å². The summed E-state index contributed by atoms with van der Waals surface area (Å²) < 4.78 is 11.0. The molecule has 2 aliphatic rings. The van der Waals surface area contributed by atoms with Gasteiger partial charge in [0, 0.05) is 24.9 Å². The van der Waals surface area contributed by atoms with E-state index >= 15 is 0 Å². The normalized spacial score (nSPS) is 33.5. The van der Waals surface area contributed by atoms with E-state index in [0.29, 0.717) is 24.4 Å². The van der Waals surface area contributed by atoms with E-state index in [2.05, 4.69) is 12.2 Å². The number of carbonyl (C=O) groups excluding carboxylic acids is 1. The van der Waals surface area contributed by atoms with E-state index in [4.69, 9.17) is 9.47 Å². The van der Waals surface area contributed by atoms with E-state index < -0.39 is 5.60 Å². The predicted octanol–water partition coefficient (Wildman–Crippen LogP) is 2.10. The summed E-state index contributed by atoms with van der Waals surface area (Å²) in [4.78, 5) is 13.9. The van der Waals surface area contributed by atoms with Gasteiger partial charge in [0.2, 0.25) is 0 Å². The van der Waals surface area contributed by atoms with E-state index in [-0.39, 0.29) is 18.2 Å². The van der Waals surface area contributed by atoms with E-state index in [1.54, 1.807) is 12.0 Å². The molecular formula is C15H28N2O3S. The molecule has 0 aliphatic carbocycles. The van der Waals surface area contributed by atoms with Crippen molar-refractivity contribution in [2.75, 3.05) is 26.0 Å². The SMILES string of the molecule is CO[C@H]1CN(C(=O)OC(C)(C)C)CC1NC1CCSC1C. The van der Waals surface area contributed by atoms with Gasteiger partial charge < -0.3 is 19.7 Å². The van der Waals surface area contributed by atoms with Crippen molar-refractivity contribution in [3.63, 3.8) is 0 Å². The Kier molecular flexibility index (Phi) is 5.43. The van der Waals surface area contributed by atoms with Crippen LogP contribution in [0.25, 0.3) is 0 Å². The number of nitrogens with zero attached hydrogens (tertiary/aromatic N) is 1. The zero-order chi connectivity index (χ0) is 15.6. The summed E-state index contributed by atoms with van der Waals surface area (Å²) in [5.74, 6) is 1.21. The van der Waals surface area contributed by atoms with Gasteiger partial charge in [0.05, 0.1) is 18.7 Å². The first-order valence-electron chi connectivity index (χ1n) is 7.68. The summed E-state index contributed by atoms with van der Waals surface area (Å²) in [5.41, 5.74) is -0.457. The number of likely N-dealkylation sites (tertiary alicyclic amines) is 1. The highest BCUT2D eigenvalue weighted by atomic mass is 32.2. The van der Waals surface area contributed by atoms with E-state index in [1.807, 2.05) is 32.5 Å². The summed E-state index contributed by atoms with van der Waals surface area (Å²) in [6.07, 6.45) is 0.976. The van der Waals surface area contributed by atoms with E-state index in [0.717, 1.165) is 0 Å². The molecule has 0 bridgehead atoms. The molecule has 1 N–H and O–H groups in total. The number of thioether (sulfide) groups is 1. The molecule has 0 spiro atoms.